The Morgan fingerprint density at radius 1 is 1.38 bits per heavy atom. The predicted molar refractivity (Wildman–Crippen MR) is 90.0 cm³/mol. The molecular formula is C16H26ClN3O. The van der Waals surface area contributed by atoms with E-state index in [0.717, 1.165) is 25.1 Å². The van der Waals surface area contributed by atoms with Gasteiger partial charge in [-0.2, -0.15) is 0 Å². The number of amides is 1. The van der Waals surface area contributed by atoms with E-state index in [9.17, 15) is 4.79 Å². The number of hydrogen-bond acceptors (Lipinski definition) is 3. The summed E-state index contributed by atoms with van der Waals surface area (Å²) in [4.78, 5) is 16.4. The quantitative estimate of drug-likeness (QED) is 0.928. The molecule has 1 fully saturated rings. The van der Waals surface area contributed by atoms with Gasteiger partial charge >= 0.3 is 0 Å². The third kappa shape index (κ3) is 4.70. The maximum absolute atomic E-state index is 12.4. The molecule has 2 unspecified atom stereocenters. The molecule has 2 rings (SSSR count). The van der Waals surface area contributed by atoms with Crippen LogP contribution < -0.4 is 10.6 Å². The topological polar surface area (TPSA) is 49.6 Å². The Kier molecular flexibility index (Phi) is 7.15. The number of anilines is 1. The lowest BCUT2D eigenvalue weighted by Crippen LogP contribution is -2.52. The van der Waals surface area contributed by atoms with Gasteiger partial charge in [0.1, 0.15) is 0 Å². The molecule has 0 radical (unpaired) electrons. The van der Waals surface area contributed by atoms with Crippen molar-refractivity contribution in [1.29, 1.82) is 0 Å². The summed E-state index contributed by atoms with van der Waals surface area (Å²) in [5.41, 5.74) is 6.99. The van der Waals surface area contributed by atoms with Crippen LogP contribution in [-0.4, -0.2) is 43.0 Å². The Balaban J connectivity index is 0.00000220. The lowest BCUT2D eigenvalue weighted by atomic mass is 9.97. The third-order valence-corrected chi connectivity index (χ3v) is 4.13. The lowest BCUT2D eigenvalue weighted by Gasteiger charge is -2.38. The van der Waals surface area contributed by atoms with Crippen LogP contribution in [0.25, 0.3) is 0 Å². The fourth-order valence-corrected chi connectivity index (χ4v) is 2.88. The van der Waals surface area contributed by atoms with Crippen LogP contribution in [0.3, 0.4) is 0 Å². The molecule has 2 atom stereocenters. The van der Waals surface area contributed by atoms with Crippen molar-refractivity contribution >= 4 is 24.0 Å². The van der Waals surface area contributed by atoms with E-state index >= 15 is 0 Å². The lowest BCUT2D eigenvalue weighted by molar-refractivity contribution is -0.120. The van der Waals surface area contributed by atoms with Crippen LogP contribution in [0, 0.1) is 0 Å². The molecule has 0 aliphatic carbocycles. The normalized spacial score (nSPS) is 20.4. The highest BCUT2D eigenvalue weighted by Crippen LogP contribution is 2.19. The van der Waals surface area contributed by atoms with Crippen LogP contribution in [0.5, 0.6) is 0 Å². The minimum atomic E-state index is 0. The Morgan fingerprint density at radius 2 is 2.05 bits per heavy atom. The second-order valence-electron chi connectivity index (χ2n) is 5.68. The minimum Gasteiger partial charge on any atom is -0.327 e. The summed E-state index contributed by atoms with van der Waals surface area (Å²) in [7, 11) is 1.84. The fourth-order valence-electron chi connectivity index (χ4n) is 2.88. The monoisotopic (exact) mass is 311 g/mol. The van der Waals surface area contributed by atoms with Crippen LogP contribution in [-0.2, 0) is 4.79 Å². The molecule has 1 aliphatic heterocycles. The summed E-state index contributed by atoms with van der Waals surface area (Å²) in [5.74, 6) is 0.128. The molecule has 2 N–H and O–H groups in total. The van der Waals surface area contributed by atoms with Crippen LogP contribution in [0.1, 0.15) is 26.2 Å². The fraction of sp³-hybridized carbons (Fsp3) is 0.562. The molecule has 0 saturated carbocycles. The van der Waals surface area contributed by atoms with Gasteiger partial charge in [0.15, 0.2) is 0 Å². The molecule has 5 heteroatoms. The van der Waals surface area contributed by atoms with Gasteiger partial charge in [0.2, 0.25) is 5.91 Å². The molecule has 21 heavy (non-hydrogen) atoms. The molecule has 1 saturated heterocycles. The summed E-state index contributed by atoms with van der Waals surface area (Å²) in [6.45, 7) is 3.46. The summed E-state index contributed by atoms with van der Waals surface area (Å²) in [6.07, 6.45) is 3.47. The highest BCUT2D eigenvalue weighted by Gasteiger charge is 2.27. The summed E-state index contributed by atoms with van der Waals surface area (Å²) in [6, 6.07) is 10.2. The van der Waals surface area contributed by atoms with E-state index in [1.54, 1.807) is 4.90 Å². The summed E-state index contributed by atoms with van der Waals surface area (Å²) >= 11 is 0. The van der Waals surface area contributed by atoms with Crippen LogP contribution in [0.2, 0.25) is 0 Å². The number of nitrogens with zero attached hydrogens (tertiary/aromatic N) is 2. The molecule has 0 spiro atoms. The van der Waals surface area contributed by atoms with E-state index in [2.05, 4.69) is 4.90 Å². The molecular weight excluding hydrogens is 286 g/mol. The van der Waals surface area contributed by atoms with Crippen LogP contribution in [0.4, 0.5) is 5.69 Å². The van der Waals surface area contributed by atoms with E-state index in [-0.39, 0.29) is 24.4 Å². The van der Waals surface area contributed by atoms with Crippen LogP contribution in [0.15, 0.2) is 30.3 Å². The number of likely N-dealkylation sites (N-methyl/N-ethyl adjacent to an activating group) is 1. The number of hydrogen-bond donors (Lipinski definition) is 1. The number of para-hydroxylation sites is 1. The number of carbonyl (C=O) groups excluding carboxylic acids is 1. The minimum absolute atomic E-state index is 0. The number of halogens is 1. The van der Waals surface area contributed by atoms with E-state index in [0.29, 0.717) is 12.6 Å². The van der Waals surface area contributed by atoms with Crippen molar-refractivity contribution in [2.75, 3.05) is 25.0 Å². The maximum atomic E-state index is 12.4. The molecule has 1 amide bonds. The van der Waals surface area contributed by atoms with E-state index in [4.69, 9.17) is 5.73 Å². The molecule has 4 nitrogen and oxygen atoms in total. The van der Waals surface area contributed by atoms with Crippen molar-refractivity contribution in [1.82, 2.24) is 4.90 Å². The maximum Gasteiger partial charge on any atom is 0.240 e. The second-order valence-corrected chi connectivity index (χ2v) is 5.68. The predicted octanol–water partition coefficient (Wildman–Crippen LogP) is 2.27. The first-order chi connectivity index (χ1) is 9.59. The second kappa shape index (κ2) is 8.37. The zero-order chi connectivity index (χ0) is 14.5. The zero-order valence-corrected chi connectivity index (χ0v) is 13.7. The Bertz CT molecular complexity index is 438. The van der Waals surface area contributed by atoms with E-state index in [1.165, 1.54) is 6.42 Å². The smallest absolute Gasteiger partial charge is 0.240 e. The highest BCUT2D eigenvalue weighted by molar-refractivity contribution is 5.94. The van der Waals surface area contributed by atoms with E-state index in [1.807, 2.05) is 44.3 Å². The Labute approximate surface area is 133 Å². The number of benzene rings is 1. The van der Waals surface area contributed by atoms with Gasteiger partial charge in [-0.1, -0.05) is 24.6 Å². The largest absolute Gasteiger partial charge is 0.327 e. The molecule has 1 aromatic carbocycles. The molecule has 0 aromatic heterocycles. The van der Waals surface area contributed by atoms with Crippen molar-refractivity contribution in [3.05, 3.63) is 30.3 Å². The SMILES string of the molecule is CC(N)C1CCCCN1CC(=O)N(C)c1ccccc1.Cl. The van der Waals surface area contributed by atoms with Crippen molar-refractivity contribution in [2.45, 2.75) is 38.3 Å². The van der Waals surface area contributed by atoms with Crippen molar-refractivity contribution < 1.29 is 4.79 Å². The highest BCUT2D eigenvalue weighted by atomic mass is 35.5. The molecule has 1 aromatic rings. The zero-order valence-electron chi connectivity index (χ0n) is 12.9. The van der Waals surface area contributed by atoms with Crippen molar-refractivity contribution in [3.8, 4) is 0 Å². The summed E-state index contributed by atoms with van der Waals surface area (Å²) in [5, 5.41) is 0. The van der Waals surface area contributed by atoms with Gasteiger partial charge in [0.25, 0.3) is 0 Å². The molecule has 0 bridgehead atoms. The summed E-state index contributed by atoms with van der Waals surface area (Å²) < 4.78 is 0. The average molecular weight is 312 g/mol. The molecule has 1 aliphatic rings. The molecule has 118 valence electrons. The number of nitrogens with two attached hydrogens (primary N) is 1. The first-order valence-electron chi connectivity index (χ1n) is 7.41. The van der Waals surface area contributed by atoms with Gasteiger partial charge in [-0.05, 0) is 38.4 Å². The number of rotatable bonds is 4. The van der Waals surface area contributed by atoms with Gasteiger partial charge in [0, 0.05) is 24.8 Å². The van der Waals surface area contributed by atoms with Gasteiger partial charge in [0.05, 0.1) is 6.54 Å². The average Bonchev–Trinajstić information content (AvgIpc) is 2.47. The standard InChI is InChI=1S/C16H25N3O.ClH/c1-13(17)15-10-6-7-11-19(15)12-16(20)18(2)14-8-4-3-5-9-14;/h3-5,8-9,13,15H,6-7,10-12,17H2,1-2H3;1H. The third-order valence-electron chi connectivity index (χ3n) is 4.13. The van der Waals surface area contributed by atoms with Crippen LogP contribution >= 0.6 is 12.4 Å². The first kappa shape index (κ1) is 18.0. The van der Waals surface area contributed by atoms with Crippen molar-refractivity contribution in [2.24, 2.45) is 5.73 Å². The van der Waals surface area contributed by atoms with Gasteiger partial charge < -0.3 is 10.6 Å². The van der Waals surface area contributed by atoms with Crippen molar-refractivity contribution in [3.63, 3.8) is 0 Å². The number of likely N-dealkylation sites (tertiary alicyclic amines) is 1. The Morgan fingerprint density at radius 3 is 2.67 bits per heavy atom. The van der Waals surface area contributed by atoms with Gasteiger partial charge in [-0.15, -0.1) is 12.4 Å². The Hall–Kier alpha value is -1.10. The number of piperidine rings is 1. The van der Waals surface area contributed by atoms with E-state index < -0.39 is 0 Å². The number of carbonyl (C=O) groups is 1. The van der Waals surface area contributed by atoms with Gasteiger partial charge in [-0.25, -0.2) is 0 Å². The van der Waals surface area contributed by atoms with Gasteiger partial charge in [-0.3, -0.25) is 9.69 Å². The molecule has 1 heterocycles. The first-order valence-corrected chi connectivity index (χ1v) is 7.41.